The maximum atomic E-state index is 12.8. The van der Waals surface area contributed by atoms with Crippen molar-refractivity contribution in [3.63, 3.8) is 0 Å². The first-order valence-corrected chi connectivity index (χ1v) is 9.66. The molecule has 0 aromatic heterocycles. The first-order chi connectivity index (χ1) is 10.9. The van der Waals surface area contributed by atoms with E-state index >= 15 is 0 Å². The average Bonchev–Trinajstić information content (AvgIpc) is 2.94. The van der Waals surface area contributed by atoms with Crippen LogP contribution in [-0.2, 0) is 19.8 Å². The predicted octanol–water partition coefficient (Wildman–Crippen LogP) is 1.39. The highest BCUT2D eigenvalue weighted by molar-refractivity contribution is 7.86. The molecule has 0 saturated carbocycles. The summed E-state index contributed by atoms with van der Waals surface area (Å²) in [5.41, 5.74) is -0.550. The zero-order valence-electron chi connectivity index (χ0n) is 14.3. The van der Waals surface area contributed by atoms with Crippen LogP contribution < -0.4 is 0 Å². The van der Waals surface area contributed by atoms with Gasteiger partial charge in [0.15, 0.2) is 0 Å². The van der Waals surface area contributed by atoms with Crippen molar-refractivity contribution in [2.24, 2.45) is 11.8 Å². The van der Waals surface area contributed by atoms with Gasteiger partial charge in [0.2, 0.25) is 5.91 Å². The summed E-state index contributed by atoms with van der Waals surface area (Å²) in [6, 6.07) is 0. The van der Waals surface area contributed by atoms with E-state index in [0.29, 0.717) is 19.6 Å². The smallest absolute Gasteiger partial charge is 0.410 e. The van der Waals surface area contributed by atoms with Gasteiger partial charge in [-0.3, -0.25) is 4.79 Å². The van der Waals surface area contributed by atoms with E-state index in [1.807, 2.05) is 0 Å². The summed E-state index contributed by atoms with van der Waals surface area (Å²) in [7, 11) is -4.57. The zero-order valence-corrected chi connectivity index (χ0v) is 15.1. The normalized spacial score (nSPS) is 25.4. The number of halogens is 1. The van der Waals surface area contributed by atoms with Crippen LogP contribution in [0.15, 0.2) is 0 Å². The van der Waals surface area contributed by atoms with E-state index in [-0.39, 0.29) is 30.9 Å². The quantitative estimate of drug-likeness (QED) is 0.704. The van der Waals surface area contributed by atoms with Crippen molar-refractivity contribution in [3.8, 4) is 0 Å². The molecule has 0 spiro atoms. The maximum absolute atomic E-state index is 12.8. The minimum absolute atomic E-state index is 0.0612. The number of likely N-dealkylation sites (tertiary alicyclic amines) is 2. The lowest BCUT2D eigenvalue weighted by molar-refractivity contribution is -0.128. The molecule has 2 amide bonds. The van der Waals surface area contributed by atoms with E-state index in [9.17, 15) is 21.9 Å². The number of rotatable bonds is 4. The lowest BCUT2D eigenvalue weighted by Crippen LogP contribution is -2.37. The van der Waals surface area contributed by atoms with Gasteiger partial charge in [-0.25, -0.2) is 4.79 Å². The second-order valence-electron chi connectivity index (χ2n) is 7.66. The van der Waals surface area contributed by atoms with E-state index in [1.165, 1.54) is 0 Å². The molecule has 7 nitrogen and oxygen atoms in total. The van der Waals surface area contributed by atoms with Gasteiger partial charge in [-0.15, -0.1) is 3.89 Å². The SMILES string of the molecule is CC(C)(C)OC(=O)N1CCC(CN2CC(CS(=O)(=O)F)CC2=O)C1. The first-order valence-electron chi connectivity index (χ1n) is 8.11. The summed E-state index contributed by atoms with van der Waals surface area (Å²) < 4.78 is 39.5. The topological polar surface area (TPSA) is 84.0 Å². The summed E-state index contributed by atoms with van der Waals surface area (Å²) in [5, 5.41) is 0. The molecular formula is C15H25FN2O5S. The number of amides is 2. The van der Waals surface area contributed by atoms with Crippen molar-refractivity contribution in [2.75, 3.05) is 31.9 Å². The highest BCUT2D eigenvalue weighted by atomic mass is 32.3. The monoisotopic (exact) mass is 364 g/mol. The molecule has 2 atom stereocenters. The highest BCUT2D eigenvalue weighted by Crippen LogP contribution is 2.25. The second-order valence-corrected chi connectivity index (χ2v) is 9.07. The second kappa shape index (κ2) is 6.85. The Morgan fingerprint density at radius 3 is 2.54 bits per heavy atom. The molecule has 0 radical (unpaired) electrons. The number of hydrogen-bond acceptors (Lipinski definition) is 5. The molecule has 2 aliphatic rings. The molecule has 0 bridgehead atoms. The molecule has 0 N–H and O–H groups in total. The molecule has 0 aromatic rings. The number of ether oxygens (including phenoxy) is 1. The summed E-state index contributed by atoms with van der Waals surface area (Å²) in [6.45, 7) is 7.21. The van der Waals surface area contributed by atoms with E-state index < -0.39 is 27.5 Å². The molecular weight excluding hydrogens is 339 g/mol. The van der Waals surface area contributed by atoms with E-state index in [0.717, 1.165) is 6.42 Å². The van der Waals surface area contributed by atoms with Crippen LogP contribution in [0, 0.1) is 11.8 Å². The van der Waals surface area contributed by atoms with E-state index in [2.05, 4.69) is 0 Å². The summed E-state index contributed by atoms with van der Waals surface area (Å²) in [5.74, 6) is -1.12. The molecule has 2 saturated heterocycles. The minimum Gasteiger partial charge on any atom is -0.444 e. The molecule has 2 rings (SSSR count). The maximum Gasteiger partial charge on any atom is 0.410 e. The lowest BCUT2D eigenvalue weighted by atomic mass is 10.1. The van der Waals surface area contributed by atoms with Crippen molar-refractivity contribution in [2.45, 2.75) is 39.2 Å². The standard InChI is InChI=1S/C15H25FN2O5S/c1-15(2,3)23-14(20)17-5-4-11(7-17)8-18-9-12(6-13(18)19)10-24(16,21)22/h11-12H,4-10H2,1-3H3. The van der Waals surface area contributed by atoms with Gasteiger partial charge in [-0.1, -0.05) is 0 Å². The molecule has 0 aromatic carbocycles. The Labute approximate surface area is 142 Å². The Bertz CT molecular complexity index is 601. The molecule has 24 heavy (non-hydrogen) atoms. The minimum atomic E-state index is -4.57. The van der Waals surface area contributed by atoms with Crippen molar-refractivity contribution >= 4 is 22.2 Å². The van der Waals surface area contributed by atoms with Gasteiger partial charge in [0.25, 0.3) is 0 Å². The summed E-state index contributed by atoms with van der Waals surface area (Å²) in [6.07, 6.45) is 0.458. The van der Waals surface area contributed by atoms with Gasteiger partial charge in [0.1, 0.15) is 5.60 Å². The molecule has 2 unspecified atom stereocenters. The van der Waals surface area contributed by atoms with Gasteiger partial charge in [0.05, 0.1) is 5.75 Å². The van der Waals surface area contributed by atoms with E-state index in [1.54, 1.807) is 30.6 Å². The third-order valence-electron chi connectivity index (χ3n) is 4.15. The summed E-state index contributed by atoms with van der Waals surface area (Å²) >= 11 is 0. The fourth-order valence-corrected chi connectivity index (χ4v) is 4.00. The van der Waals surface area contributed by atoms with Crippen molar-refractivity contribution in [3.05, 3.63) is 0 Å². The van der Waals surface area contributed by atoms with E-state index in [4.69, 9.17) is 4.74 Å². The van der Waals surface area contributed by atoms with Crippen LogP contribution in [-0.4, -0.2) is 67.8 Å². The van der Waals surface area contributed by atoms with Gasteiger partial charge >= 0.3 is 16.3 Å². The fourth-order valence-electron chi connectivity index (χ4n) is 3.21. The Morgan fingerprint density at radius 2 is 1.96 bits per heavy atom. The highest BCUT2D eigenvalue weighted by Gasteiger charge is 2.36. The Morgan fingerprint density at radius 1 is 1.29 bits per heavy atom. The Balaban J connectivity index is 1.83. The summed E-state index contributed by atoms with van der Waals surface area (Å²) in [4.78, 5) is 27.2. The number of hydrogen-bond donors (Lipinski definition) is 0. The van der Waals surface area contributed by atoms with Gasteiger partial charge < -0.3 is 14.5 Å². The van der Waals surface area contributed by atoms with Gasteiger partial charge in [-0.05, 0) is 33.1 Å². The Kier molecular flexibility index (Phi) is 5.41. The zero-order chi connectivity index (χ0) is 18.1. The van der Waals surface area contributed by atoms with Crippen LogP contribution in [0.5, 0.6) is 0 Å². The predicted molar refractivity (Wildman–Crippen MR) is 85.5 cm³/mol. The first kappa shape index (κ1) is 19.0. The van der Waals surface area contributed by atoms with Crippen LogP contribution in [0.3, 0.4) is 0 Å². The molecule has 0 aliphatic carbocycles. The third kappa shape index (κ3) is 5.61. The fraction of sp³-hybridized carbons (Fsp3) is 0.867. The molecule has 138 valence electrons. The molecule has 2 fully saturated rings. The molecule has 2 heterocycles. The average molecular weight is 364 g/mol. The van der Waals surface area contributed by atoms with Crippen molar-refractivity contribution in [1.82, 2.24) is 9.80 Å². The lowest BCUT2D eigenvalue weighted by Gasteiger charge is -2.25. The van der Waals surface area contributed by atoms with Crippen LogP contribution in [0.1, 0.15) is 33.6 Å². The van der Waals surface area contributed by atoms with Crippen LogP contribution >= 0.6 is 0 Å². The molecule has 9 heteroatoms. The number of nitrogens with zero attached hydrogens (tertiary/aromatic N) is 2. The third-order valence-corrected chi connectivity index (χ3v) is 5.02. The number of carbonyl (C=O) groups excluding carboxylic acids is 2. The van der Waals surface area contributed by atoms with Gasteiger partial charge in [0, 0.05) is 38.5 Å². The van der Waals surface area contributed by atoms with Crippen LogP contribution in [0.4, 0.5) is 8.68 Å². The van der Waals surface area contributed by atoms with Crippen LogP contribution in [0.25, 0.3) is 0 Å². The molecule has 2 aliphatic heterocycles. The Hall–Kier alpha value is -1.38. The van der Waals surface area contributed by atoms with Crippen LogP contribution in [0.2, 0.25) is 0 Å². The largest absolute Gasteiger partial charge is 0.444 e. The number of carbonyl (C=O) groups is 2. The van der Waals surface area contributed by atoms with Crippen molar-refractivity contribution < 1.29 is 26.6 Å². The van der Waals surface area contributed by atoms with Crippen molar-refractivity contribution in [1.29, 1.82) is 0 Å². The van der Waals surface area contributed by atoms with Gasteiger partial charge in [-0.2, -0.15) is 8.42 Å².